The quantitative estimate of drug-likeness (QED) is 0.743. The molecule has 1 amide bonds. The number of fused-ring (bicyclic) bond motifs is 1. The Balaban J connectivity index is 1.78. The first kappa shape index (κ1) is 13.0. The molecule has 1 atom stereocenters. The van der Waals surface area contributed by atoms with E-state index in [-0.39, 0.29) is 17.6 Å². The van der Waals surface area contributed by atoms with Gasteiger partial charge in [0.25, 0.3) is 0 Å². The number of amides is 1. The van der Waals surface area contributed by atoms with Crippen molar-refractivity contribution in [1.82, 2.24) is 5.32 Å². The number of hydrogen-bond donors (Lipinski definition) is 2. The average Bonchev–Trinajstić information content (AvgIpc) is 2.25. The Morgan fingerprint density at radius 1 is 1.39 bits per heavy atom. The van der Waals surface area contributed by atoms with Gasteiger partial charge in [0, 0.05) is 6.54 Å². The SMILES string of the molecule is NS(=O)(=O)CCCNC(=O)C1Cc2ccccc21. The lowest BCUT2D eigenvalue weighted by Crippen LogP contribution is -2.36. The maximum absolute atomic E-state index is 11.8. The van der Waals surface area contributed by atoms with Crippen molar-refractivity contribution < 1.29 is 13.2 Å². The minimum atomic E-state index is -3.43. The highest BCUT2D eigenvalue weighted by atomic mass is 32.2. The third-order valence-corrected chi connectivity index (χ3v) is 3.93. The lowest BCUT2D eigenvalue weighted by molar-refractivity contribution is -0.123. The number of carbonyl (C=O) groups excluding carboxylic acids is 1. The second kappa shape index (κ2) is 5.07. The summed E-state index contributed by atoms with van der Waals surface area (Å²) in [6.07, 6.45) is 1.11. The van der Waals surface area contributed by atoms with Crippen molar-refractivity contribution in [2.24, 2.45) is 5.14 Å². The molecule has 1 aliphatic rings. The van der Waals surface area contributed by atoms with Crippen LogP contribution in [0.2, 0.25) is 0 Å². The number of sulfonamides is 1. The van der Waals surface area contributed by atoms with Gasteiger partial charge >= 0.3 is 0 Å². The minimum Gasteiger partial charge on any atom is -0.356 e. The van der Waals surface area contributed by atoms with Gasteiger partial charge in [-0.05, 0) is 24.0 Å². The predicted octanol–water partition coefficient (Wildman–Crippen LogP) is 0.121. The van der Waals surface area contributed by atoms with Gasteiger partial charge in [-0.1, -0.05) is 24.3 Å². The van der Waals surface area contributed by atoms with Crippen LogP contribution in [0.5, 0.6) is 0 Å². The van der Waals surface area contributed by atoms with Crippen LogP contribution < -0.4 is 10.5 Å². The van der Waals surface area contributed by atoms with Crippen LogP contribution in [0.15, 0.2) is 24.3 Å². The number of nitrogens with one attached hydrogen (secondary N) is 1. The van der Waals surface area contributed by atoms with Gasteiger partial charge in [-0.2, -0.15) is 0 Å². The lowest BCUT2D eigenvalue weighted by atomic mass is 9.77. The highest BCUT2D eigenvalue weighted by Gasteiger charge is 2.31. The summed E-state index contributed by atoms with van der Waals surface area (Å²) >= 11 is 0. The van der Waals surface area contributed by atoms with E-state index in [1.54, 1.807) is 0 Å². The van der Waals surface area contributed by atoms with Gasteiger partial charge in [0.1, 0.15) is 0 Å². The first-order valence-electron chi connectivity index (χ1n) is 5.83. The van der Waals surface area contributed by atoms with E-state index in [0.29, 0.717) is 13.0 Å². The van der Waals surface area contributed by atoms with Gasteiger partial charge < -0.3 is 5.32 Å². The molecule has 0 spiro atoms. The van der Waals surface area contributed by atoms with Gasteiger partial charge in [-0.25, -0.2) is 13.6 Å². The Bertz CT molecular complexity index is 554. The Hall–Kier alpha value is -1.40. The molecular weight excluding hydrogens is 252 g/mol. The van der Waals surface area contributed by atoms with Crippen molar-refractivity contribution >= 4 is 15.9 Å². The number of primary sulfonamides is 1. The molecule has 18 heavy (non-hydrogen) atoms. The summed E-state index contributed by atoms with van der Waals surface area (Å²) in [6.45, 7) is 0.341. The van der Waals surface area contributed by atoms with Crippen molar-refractivity contribution in [3.8, 4) is 0 Å². The summed E-state index contributed by atoms with van der Waals surface area (Å²) in [7, 11) is -3.43. The van der Waals surface area contributed by atoms with E-state index in [1.165, 1.54) is 5.56 Å². The van der Waals surface area contributed by atoms with Gasteiger partial charge in [0.2, 0.25) is 15.9 Å². The van der Waals surface area contributed by atoms with E-state index >= 15 is 0 Å². The summed E-state index contributed by atoms with van der Waals surface area (Å²) in [5.74, 6) is -0.229. The minimum absolute atomic E-state index is 0.0388. The van der Waals surface area contributed by atoms with Crippen molar-refractivity contribution in [3.05, 3.63) is 35.4 Å². The summed E-state index contributed by atoms with van der Waals surface area (Å²) in [5.41, 5.74) is 2.28. The molecule has 2 rings (SSSR count). The maximum Gasteiger partial charge on any atom is 0.227 e. The average molecular weight is 268 g/mol. The first-order chi connectivity index (χ1) is 8.47. The Morgan fingerprint density at radius 3 is 2.78 bits per heavy atom. The topological polar surface area (TPSA) is 89.3 Å². The van der Waals surface area contributed by atoms with Crippen molar-refractivity contribution in [1.29, 1.82) is 0 Å². The molecule has 1 aromatic carbocycles. The highest BCUT2D eigenvalue weighted by Crippen LogP contribution is 2.34. The summed E-state index contributed by atoms with van der Waals surface area (Å²) in [6, 6.07) is 7.84. The summed E-state index contributed by atoms with van der Waals surface area (Å²) < 4.78 is 21.4. The van der Waals surface area contributed by atoms with Crippen LogP contribution >= 0.6 is 0 Å². The van der Waals surface area contributed by atoms with Crippen LogP contribution in [0.1, 0.15) is 23.5 Å². The van der Waals surface area contributed by atoms with Crippen molar-refractivity contribution in [2.75, 3.05) is 12.3 Å². The zero-order valence-corrected chi connectivity index (χ0v) is 10.7. The molecule has 0 saturated heterocycles. The molecule has 5 nitrogen and oxygen atoms in total. The largest absolute Gasteiger partial charge is 0.356 e. The fourth-order valence-corrected chi connectivity index (χ4v) is 2.65. The zero-order chi connectivity index (χ0) is 13.2. The lowest BCUT2D eigenvalue weighted by Gasteiger charge is -2.28. The molecule has 98 valence electrons. The molecule has 0 bridgehead atoms. The van der Waals surface area contributed by atoms with Crippen LogP contribution in [-0.2, 0) is 21.2 Å². The van der Waals surface area contributed by atoms with E-state index in [0.717, 1.165) is 12.0 Å². The molecule has 6 heteroatoms. The van der Waals surface area contributed by atoms with E-state index < -0.39 is 10.0 Å². The number of benzene rings is 1. The molecule has 3 N–H and O–H groups in total. The second-order valence-electron chi connectivity index (χ2n) is 4.47. The van der Waals surface area contributed by atoms with E-state index in [2.05, 4.69) is 5.32 Å². The molecule has 0 fully saturated rings. The molecule has 0 aromatic heterocycles. The standard InChI is InChI=1S/C12H16N2O3S/c13-18(16,17)7-3-6-14-12(15)11-8-9-4-1-2-5-10(9)11/h1-2,4-5,11H,3,6-8H2,(H,14,15)(H2,13,16,17). The van der Waals surface area contributed by atoms with Crippen LogP contribution in [-0.4, -0.2) is 26.6 Å². The van der Waals surface area contributed by atoms with Gasteiger partial charge in [-0.15, -0.1) is 0 Å². The molecule has 0 saturated carbocycles. The molecule has 0 heterocycles. The third kappa shape index (κ3) is 3.08. The smallest absolute Gasteiger partial charge is 0.227 e. The summed E-state index contributed by atoms with van der Waals surface area (Å²) in [4.78, 5) is 11.8. The van der Waals surface area contributed by atoms with Crippen LogP contribution in [0.4, 0.5) is 0 Å². The normalized spacial score (nSPS) is 17.7. The molecule has 1 aliphatic carbocycles. The van der Waals surface area contributed by atoms with E-state index in [4.69, 9.17) is 5.14 Å². The Labute approximate surface area is 106 Å². The summed E-state index contributed by atoms with van der Waals surface area (Å²) in [5, 5.41) is 7.61. The Morgan fingerprint density at radius 2 is 2.11 bits per heavy atom. The number of rotatable bonds is 5. The number of carbonyl (C=O) groups is 1. The van der Waals surface area contributed by atoms with Crippen LogP contribution in [0.25, 0.3) is 0 Å². The molecule has 1 unspecified atom stereocenters. The molecule has 0 aliphatic heterocycles. The van der Waals surface area contributed by atoms with Crippen LogP contribution in [0, 0.1) is 0 Å². The molecular formula is C12H16N2O3S. The van der Waals surface area contributed by atoms with Gasteiger partial charge in [0.15, 0.2) is 0 Å². The second-order valence-corrected chi connectivity index (χ2v) is 6.20. The maximum atomic E-state index is 11.8. The zero-order valence-electron chi connectivity index (χ0n) is 9.93. The Kier molecular flexibility index (Phi) is 3.68. The molecule has 0 radical (unpaired) electrons. The van der Waals surface area contributed by atoms with Crippen molar-refractivity contribution in [3.63, 3.8) is 0 Å². The predicted molar refractivity (Wildman–Crippen MR) is 68.5 cm³/mol. The third-order valence-electron chi connectivity index (χ3n) is 3.08. The van der Waals surface area contributed by atoms with Crippen LogP contribution in [0.3, 0.4) is 0 Å². The van der Waals surface area contributed by atoms with Gasteiger partial charge in [0.05, 0.1) is 11.7 Å². The first-order valence-corrected chi connectivity index (χ1v) is 7.55. The van der Waals surface area contributed by atoms with E-state index in [1.807, 2.05) is 24.3 Å². The van der Waals surface area contributed by atoms with Crippen molar-refractivity contribution in [2.45, 2.75) is 18.8 Å². The van der Waals surface area contributed by atoms with E-state index in [9.17, 15) is 13.2 Å². The fourth-order valence-electron chi connectivity index (χ4n) is 2.10. The number of nitrogens with two attached hydrogens (primary N) is 1. The number of hydrogen-bond acceptors (Lipinski definition) is 3. The van der Waals surface area contributed by atoms with Gasteiger partial charge in [-0.3, -0.25) is 4.79 Å². The fraction of sp³-hybridized carbons (Fsp3) is 0.417. The highest BCUT2D eigenvalue weighted by molar-refractivity contribution is 7.89. The molecule has 1 aromatic rings. The monoisotopic (exact) mass is 268 g/mol.